The van der Waals surface area contributed by atoms with Crippen LogP contribution in [0.3, 0.4) is 0 Å². The second-order valence-electron chi connectivity index (χ2n) is 5.92. The van der Waals surface area contributed by atoms with Crippen LogP contribution in [-0.2, 0) is 15.7 Å². The van der Waals surface area contributed by atoms with Crippen molar-refractivity contribution < 1.29 is 27.5 Å². The minimum Gasteiger partial charge on any atom is -0.380 e. The van der Waals surface area contributed by atoms with Crippen LogP contribution in [-0.4, -0.2) is 31.6 Å². The maximum Gasteiger partial charge on any atom is 0.416 e. The van der Waals surface area contributed by atoms with Crippen LogP contribution in [0.15, 0.2) is 48.5 Å². The van der Waals surface area contributed by atoms with Crippen molar-refractivity contribution in [1.82, 2.24) is 0 Å². The fourth-order valence-corrected chi connectivity index (χ4v) is 2.43. The zero-order valence-corrected chi connectivity index (χ0v) is 15.0. The SMILES string of the molecule is COC(CN)CC(=O)Nc1ccccc1C(=O)Nc1cccc(C(F)(F)F)c1. The summed E-state index contributed by atoms with van der Waals surface area (Å²) in [6.45, 7) is 0.154. The molecule has 2 aromatic carbocycles. The molecule has 150 valence electrons. The number of hydrogen-bond acceptors (Lipinski definition) is 4. The number of benzene rings is 2. The van der Waals surface area contributed by atoms with E-state index >= 15 is 0 Å². The number of para-hydroxylation sites is 1. The summed E-state index contributed by atoms with van der Waals surface area (Å²) in [4.78, 5) is 24.6. The maximum absolute atomic E-state index is 12.8. The first-order valence-electron chi connectivity index (χ1n) is 8.35. The Hall–Kier alpha value is -2.91. The summed E-state index contributed by atoms with van der Waals surface area (Å²) < 4.78 is 43.5. The van der Waals surface area contributed by atoms with Crippen molar-refractivity contribution in [3.05, 3.63) is 59.7 Å². The van der Waals surface area contributed by atoms with Gasteiger partial charge < -0.3 is 21.1 Å². The minimum atomic E-state index is -4.52. The molecule has 0 aliphatic rings. The topological polar surface area (TPSA) is 93.4 Å². The molecule has 2 amide bonds. The van der Waals surface area contributed by atoms with Gasteiger partial charge in [0.1, 0.15) is 0 Å². The van der Waals surface area contributed by atoms with Crippen molar-refractivity contribution >= 4 is 23.2 Å². The van der Waals surface area contributed by atoms with Gasteiger partial charge in [0.2, 0.25) is 5.91 Å². The average Bonchev–Trinajstić information content (AvgIpc) is 2.66. The van der Waals surface area contributed by atoms with Gasteiger partial charge in [0, 0.05) is 19.3 Å². The van der Waals surface area contributed by atoms with Gasteiger partial charge in [-0.3, -0.25) is 9.59 Å². The quantitative estimate of drug-likeness (QED) is 0.671. The lowest BCUT2D eigenvalue weighted by Gasteiger charge is -2.15. The van der Waals surface area contributed by atoms with Gasteiger partial charge >= 0.3 is 6.18 Å². The number of rotatable bonds is 7. The third kappa shape index (κ3) is 5.80. The zero-order valence-electron chi connectivity index (χ0n) is 15.0. The Bertz CT molecular complexity index is 836. The van der Waals surface area contributed by atoms with Crippen LogP contribution in [0.4, 0.5) is 24.5 Å². The fraction of sp³-hybridized carbons (Fsp3) is 0.263. The van der Waals surface area contributed by atoms with E-state index in [1.165, 1.54) is 31.4 Å². The van der Waals surface area contributed by atoms with Crippen molar-refractivity contribution in [1.29, 1.82) is 0 Å². The number of nitrogens with two attached hydrogens (primary N) is 1. The fourth-order valence-electron chi connectivity index (χ4n) is 2.43. The Morgan fingerprint density at radius 3 is 2.46 bits per heavy atom. The molecular weight excluding hydrogens is 375 g/mol. The van der Waals surface area contributed by atoms with Crippen LogP contribution in [0, 0.1) is 0 Å². The van der Waals surface area contributed by atoms with Gasteiger partial charge in [-0.25, -0.2) is 0 Å². The van der Waals surface area contributed by atoms with Crippen LogP contribution in [0.5, 0.6) is 0 Å². The van der Waals surface area contributed by atoms with E-state index in [9.17, 15) is 22.8 Å². The molecule has 1 unspecified atom stereocenters. The van der Waals surface area contributed by atoms with Gasteiger partial charge in [-0.1, -0.05) is 18.2 Å². The Labute approximate surface area is 159 Å². The molecule has 6 nitrogen and oxygen atoms in total. The van der Waals surface area contributed by atoms with Gasteiger partial charge in [-0.15, -0.1) is 0 Å². The molecule has 0 fully saturated rings. The maximum atomic E-state index is 12.8. The molecule has 28 heavy (non-hydrogen) atoms. The lowest BCUT2D eigenvalue weighted by molar-refractivity contribution is -0.137. The molecule has 1 atom stereocenters. The molecule has 0 saturated heterocycles. The van der Waals surface area contributed by atoms with Crippen LogP contribution >= 0.6 is 0 Å². The summed E-state index contributed by atoms with van der Waals surface area (Å²) in [5.41, 5.74) is 4.93. The summed E-state index contributed by atoms with van der Waals surface area (Å²) in [5, 5.41) is 5.01. The number of ether oxygens (including phenoxy) is 1. The monoisotopic (exact) mass is 395 g/mol. The predicted molar refractivity (Wildman–Crippen MR) is 98.9 cm³/mol. The smallest absolute Gasteiger partial charge is 0.380 e. The van der Waals surface area contributed by atoms with Gasteiger partial charge in [-0.2, -0.15) is 13.2 Å². The molecule has 2 rings (SSSR count). The van der Waals surface area contributed by atoms with Crippen molar-refractivity contribution in [2.24, 2.45) is 5.73 Å². The second-order valence-corrected chi connectivity index (χ2v) is 5.92. The van der Waals surface area contributed by atoms with Gasteiger partial charge in [-0.05, 0) is 30.3 Å². The number of hydrogen-bond donors (Lipinski definition) is 3. The molecule has 2 aromatic rings. The third-order valence-electron chi connectivity index (χ3n) is 3.90. The molecule has 0 saturated carbocycles. The van der Waals surface area contributed by atoms with E-state index in [0.717, 1.165) is 12.1 Å². The summed E-state index contributed by atoms with van der Waals surface area (Å²) in [6, 6.07) is 10.5. The molecule has 4 N–H and O–H groups in total. The van der Waals surface area contributed by atoms with E-state index in [4.69, 9.17) is 10.5 Å². The molecule has 0 radical (unpaired) electrons. The number of halogens is 3. The first-order valence-corrected chi connectivity index (χ1v) is 8.35. The summed E-state index contributed by atoms with van der Waals surface area (Å²) in [5.74, 6) is -1.06. The second kappa shape index (κ2) is 9.34. The van der Waals surface area contributed by atoms with E-state index in [1.807, 2.05) is 0 Å². The van der Waals surface area contributed by atoms with Gasteiger partial charge in [0.15, 0.2) is 0 Å². The van der Waals surface area contributed by atoms with Crippen molar-refractivity contribution in [2.75, 3.05) is 24.3 Å². The van der Waals surface area contributed by atoms with Crippen LogP contribution in [0.1, 0.15) is 22.3 Å². The van der Waals surface area contributed by atoms with Gasteiger partial charge in [0.05, 0.1) is 29.3 Å². The minimum absolute atomic E-state index is 0.00339. The van der Waals surface area contributed by atoms with Crippen molar-refractivity contribution in [3.63, 3.8) is 0 Å². The van der Waals surface area contributed by atoms with Crippen molar-refractivity contribution in [2.45, 2.75) is 18.7 Å². The van der Waals surface area contributed by atoms with E-state index < -0.39 is 29.7 Å². The molecular formula is C19H20F3N3O3. The number of methoxy groups -OCH3 is 1. The number of amides is 2. The largest absolute Gasteiger partial charge is 0.416 e. The number of anilines is 2. The average molecular weight is 395 g/mol. The lowest BCUT2D eigenvalue weighted by atomic mass is 10.1. The third-order valence-corrected chi connectivity index (χ3v) is 3.90. The Morgan fingerprint density at radius 2 is 1.82 bits per heavy atom. The summed E-state index contributed by atoms with van der Waals surface area (Å²) in [6.07, 6.45) is -4.99. The van der Waals surface area contributed by atoms with E-state index in [1.54, 1.807) is 12.1 Å². The van der Waals surface area contributed by atoms with Crippen LogP contribution in [0.25, 0.3) is 0 Å². The first kappa shape index (κ1) is 21.4. The normalized spacial score (nSPS) is 12.3. The highest BCUT2D eigenvalue weighted by molar-refractivity contribution is 6.10. The number of alkyl halides is 3. The molecule has 0 spiro atoms. The van der Waals surface area contributed by atoms with Gasteiger partial charge in [0.25, 0.3) is 5.91 Å². The standard InChI is InChI=1S/C19H20F3N3O3/c1-28-14(11-23)10-17(26)25-16-8-3-2-7-15(16)18(27)24-13-6-4-5-12(9-13)19(20,21)22/h2-9,14H,10-11,23H2,1H3,(H,24,27)(H,25,26). The highest BCUT2D eigenvalue weighted by atomic mass is 19.4. The molecule has 0 aromatic heterocycles. The van der Waals surface area contributed by atoms with Crippen molar-refractivity contribution in [3.8, 4) is 0 Å². The predicted octanol–water partition coefficient (Wildman–Crippen LogP) is 3.26. The molecule has 0 bridgehead atoms. The zero-order chi connectivity index (χ0) is 20.7. The summed E-state index contributed by atoms with van der Waals surface area (Å²) >= 11 is 0. The molecule has 9 heteroatoms. The Balaban J connectivity index is 2.16. The molecule has 0 aliphatic carbocycles. The van der Waals surface area contributed by atoms with Crippen LogP contribution in [0.2, 0.25) is 0 Å². The summed E-state index contributed by atoms with van der Waals surface area (Å²) in [7, 11) is 1.43. The highest BCUT2D eigenvalue weighted by Crippen LogP contribution is 2.31. The first-order chi connectivity index (χ1) is 13.2. The molecule has 0 aliphatic heterocycles. The molecule has 0 heterocycles. The number of carbonyl (C=O) groups excluding carboxylic acids is 2. The van der Waals surface area contributed by atoms with E-state index in [-0.39, 0.29) is 29.9 Å². The number of nitrogens with one attached hydrogen (secondary N) is 2. The highest BCUT2D eigenvalue weighted by Gasteiger charge is 2.30. The Morgan fingerprint density at radius 1 is 1.11 bits per heavy atom. The Kier molecular flexibility index (Phi) is 7.13. The van der Waals surface area contributed by atoms with E-state index in [0.29, 0.717) is 0 Å². The van der Waals surface area contributed by atoms with Crippen LogP contribution < -0.4 is 16.4 Å². The van der Waals surface area contributed by atoms with E-state index in [2.05, 4.69) is 10.6 Å². The number of carbonyl (C=O) groups is 2. The lowest BCUT2D eigenvalue weighted by Crippen LogP contribution is -2.28.